The zero-order chi connectivity index (χ0) is 50.8. The number of H-pyrrole nitrogens is 1. The molecule has 390 valence electrons. The van der Waals surface area contributed by atoms with Gasteiger partial charge >= 0.3 is 41.5 Å². The normalized spacial score (nSPS) is 16.4. The Morgan fingerprint density at radius 3 is 1.56 bits per heavy atom. The molecule has 3 aromatic rings. The van der Waals surface area contributed by atoms with E-state index in [1.807, 2.05) is 0 Å². The molecule has 1 aliphatic rings. The molecule has 4 rings (SSSR count). The summed E-state index contributed by atoms with van der Waals surface area (Å²) < 4.78 is 87.4. The van der Waals surface area contributed by atoms with Crippen LogP contribution in [0.25, 0.3) is 0 Å². The smallest absolute Gasteiger partial charge is 0.434 e. The molecule has 0 amide bonds. The molecule has 0 saturated heterocycles. The van der Waals surface area contributed by atoms with Crippen molar-refractivity contribution in [1.29, 1.82) is 0 Å². The van der Waals surface area contributed by atoms with Gasteiger partial charge in [0.1, 0.15) is 11.5 Å². The van der Waals surface area contributed by atoms with Crippen molar-refractivity contribution in [2.24, 2.45) is 5.92 Å². The second-order valence-corrected chi connectivity index (χ2v) is 21.8. The van der Waals surface area contributed by atoms with Gasteiger partial charge in [-0.2, -0.15) is 8.62 Å². The first-order chi connectivity index (χ1) is 33.5. The lowest BCUT2D eigenvalue weighted by molar-refractivity contribution is 0.0962. The van der Waals surface area contributed by atoms with Gasteiger partial charge in [-0.1, -0.05) is 140 Å². The molecule has 0 aliphatic heterocycles. The zero-order valence-electron chi connectivity index (χ0n) is 40.3. The molecular formula is C47H69N2O18P3. The Labute approximate surface area is 409 Å². The summed E-state index contributed by atoms with van der Waals surface area (Å²) in [5, 5.41) is 0. The van der Waals surface area contributed by atoms with Crippen LogP contribution in [-0.2, 0) is 58.6 Å². The van der Waals surface area contributed by atoms with Gasteiger partial charge in [-0.15, -0.1) is 0 Å². The fraction of sp³-hybridized carbons (Fsp3) is 0.574. The number of aromatic nitrogens is 2. The summed E-state index contributed by atoms with van der Waals surface area (Å²) >= 11 is 0. The Morgan fingerprint density at radius 1 is 0.629 bits per heavy atom. The summed E-state index contributed by atoms with van der Waals surface area (Å²) in [5.41, 5.74) is -0.300. The van der Waals surface area contributed by atoms with Crippen LogP contribution in [0.5, 0.6) is 11.5 Å². The van der Waals surface area contributed by atoms with Crippen molar-refractivity contribution in [3.8, 4) is 11.5 Å². The van der Waals surface area contributed by atoms with Crippen molar-refractivity contribution in [3.05, 3.63) is 104 Å². The van der Waals surface area contributed by atoms with Crippen LogP contribution in [0.1, 0.15) is 146 Å². The minimum atomic E-state index is -5.80. The Bertz CT molecular complexity index is 2270. The maximum Gasteiger partial charge on any atom is 0.513 e. The highest BCUT2D eigenvalue weighted by atomic mass is 31.3. The number of aromatic amines is 1. The van der Waals surface area contributed by atoms with Crippen LogP contribution in [0.3, 0.4) is 0 Å². The van der Waals surface area contributed by atoms with Gasteiger partial charge < -0.3 is 28.7 Å². The summed E-state index contributed by atoms with van der Waals surface area (Å²) in [7, 11) is -16.4. The number of hydrogen-bond acceptors (Lipinski definition) is 16. The van der Waals surface area contributed by atoms with Crippen LogP contribution >= 0.6 is 23.5 Å². The average Bonchev–Trinajstić information content (AvgIpc) is 3.79. The number of carbonyl (C=O) groups is 2. The first-order valence-electron chi connectivity index (χ1n) is 24.0. The van der Waals surface area contributed by atoms with Gasteiger partial charge in [0.15, 0.2) is 0 Å². The highest BCUT2D eigenvalue weighted by Crippen LogP contribution is 2.69. The van der Waals surface area contributed by atoms with Crippen molar-refractivity contribution in [2.45, 2.75) is 149 Å². The van der Waals surface area contributed by atoms with E-state index in [4.69, 9.17) is 36.8 Å². The van der Waals surface area contributed by atoms with Gasteiger partial charge in [0.25, 0.3) is 5.56 Å². The lowest BCUT2D eigenvalue weighted by Crippen LogP contribution is -2.32. The second kappa shape index (κ2) is 30.6. The Hall–Kier alpha value is -4.19. The van der Waals surface area contributed by atoms with E-state index in [0.29, 0.717) is 29.5 Å². The molecule has 0 bridgehead atoms. The Kier molecular flexibility index (Phi) is 25.6. The number of ether oxygens (including phenoxy) is 4. The fourth-order valence-corrected chi connectivity index (χ4v) is 11.2. The van der Waals surface area contributed by atoms with Crippen molar-refractivity contribution >= 4 is 35.8 Å². The average molecular weight is 1040 g/mol. The number of allylic oxidation sites excluding steroid dienone is 1. The third-order valence-corrected chi connectivity index (χ3v) is 15.6. The number of unbranched alkanes of at least 4 members (excludes halogenated alkanes) is 14. The quantitative estimate of drug-likeness (QED) is 0.0165. The van der Waals surface area contributed by atoms with Crippen LogP contribution in [0, 0.1) is 12.8 Å². The molecule has 2 unspecified atom stereocenters. The predicted octanol–water partition coefficient (Wildman–Crippen LogP) is 12.1. The minimum absolute atomic E-state index is 0.125. The van der Waals surface area contributed by atoms with Crippen LogP contribution in [0.4, 0.5) is 9.59 Å². The Balaban J connectivity index is 1.32. The number of phosphoric acid groups is 3. The Morgan fingerprint density at radius 2 is 1.09 bits per heavy atom. The summed E-state index contributed by atoms with van der Waals surface area (Å²) in [4.78, 5) is 71.9. The summed E-state index contributed by atoms with van der Waals surface area (Å²) in [6.07, 6.45) is 20.3. The molecule has 70 heavy (non-hydrogen) atoms. The lowest BCUT2D eigenvalue weighted by atomic mass is 10.1. The van der Waals surface area contributed by atoms with Gasteiger partial charge in [0.2, 0.25) is 0 Å². The molecule has 0 spiro atoms. The molecular weight excluding hydrogens is 973 g/mol. The summed E-state index contributed by atoms with van der Waals surface area (Å²) in [5.74, 6) is -0.324. The highest BCUT2D eigenvalue weighted by Gasteiger charge is 2.44. The first-order valence-corrected chi connectivity index (χ1v) is 28.4. The van der Waals surface area contributed by atoms with Crippen molar-refractivity contribution in [3.63, 3.8) is 0 Å². The van der Waals surface area contributed by atoms with Crippen LogP contribution < -0.4 is 20.7 Å². The monoisotopic (exact) mass is 1040 g/mol. The first kappa shape index (κ1) is 58.4. The van der Waals surface area contributed by atoms with Crippen molar-refractivity contribution < 1.29 is 74.2 Å². The molecule has 1 heterocycles. The number of rotatable bonds is 34. The molecule has 20 nitrogen and oxygen atoms in total. The molecule has 23 heteroatoms. The number of hydrogen-bond donors (Lipinski definition) is 3. The van der Waals surface area contributed by atoms with E-state index in [2.05, 4.69) is 23.1 Å². The SMILES string of the molecule is CCCCCCCCCCOC(=O)Oc1ccc(COP(=O)(OCc2ccc(OC(=O)OCCCCCCCCCC)cc2)OP(=O)(O)OP(=O)(O)OC[C@@H]2C=C[C@H](n3cc(C)c(=O)[nH]c3=O)C2)cc1. The van der Waals surface area contributed by atoms with Crippen molar-refractivity contribution in [2.75, 3.05) is 19.8 Å². The maximum atomic E-state index is 14.0. The van der Waals surface area contributed by atoms with E-state index < -0.39 is 78.8 Å². The van der Waals surface area contributed by atoms with E-state index in [-0.39, 0.29) is 31.1 Å². The van der Waals surface area contributed by atoms with E-state index in [1.165, 1.54) is 118 Å². The number of phosphoric ester groups is 2. The predicted molar refractivity (Wildman–Crippen MR) is 259 cm³/mol. The molecule has 1 aliphatic carbocycles. The van der Waals surface area contributed by atoms with Gasteiger partial charge in [-0.3, -0.25) is 27.9 Å². The second-order valence-electron chi connectivity index (χ2n) is 17.0. The number of nitrogens with one attached hydrogen (secondary N) is 1. The van der Waals surface area contributed by atoms with Crippen LogP contribution in [0.2, 0.25) is 0 Å². The third-order valence-electron chi connectivity index (χ3n) is 11.0. The number of aryl methyl sites for hydroxylation is 1. The number of nitrogens with zero attached hydrogens (tertiary/aromatic N) is 1. The van der Waals surface area contributed by atoms with E-state index >= 15 is 0 Å². The highest BCUT2D eigenvalue weighted by molar-refractivity contribution is 7.67. The van der Waals surface area contributed by atoms with Crippen LogP contribution in [-0.4, -0.2) is 51.5 Å². The minimum Gasteiger partial charge on any atom is -0.434 e. The lowest BCUT2D eigenvalue weighted by Gasteiger charge is -2.22. The molecule has 0 fully saturated rings. The number of carbonyl (C=O) groups excluding carboxylic acids is 2. The van der Waals surface area contributed by atoms with Gasteiger partial charge in [0.05, 0.1) is 39.1 Å². The molecule has 3 N–H and O–H groups in total. The molecule has 1 aromatic heterocycles. The zero-order valence-corrected chi connectivity index (χ0v) is 43.0. The van der Waals surface area contributed by atoms with E-state index in [9.17, 15) is 42.7 Å². The van der Waals surface area contributed by atoms with Gasteiger partial charge in [-0.25, -0.2) is 28.1 Å². The summed E-state index contributed by atoms with van der Waals surface area (Å²) in [6, 6.07) is 10.8. The largest absolute Gasteiger partial charge is 0.513 e. The van der Waals surface area contributed by atoms with Gasteiger partial charge in [0, 0.05) is 17.7 Å². The topological polar surface area (TPSA) is 264 Å². The molecule has 0 saturated carbocycles. The third kappa shape index (κ3) is 22.9. The van der Waals surface area contributed by atoms with Crippen LogP contribution in [0.15, 0.2) is 76.5 Å². The van der Waals surface area contributed by atoms with E-state index in [0.717, 1.165) is 38.5 Å². The standard InChI is InChI=1S/C47H69N2O18P3/c1-4-6-8-10-12-14-16-18-30-59-46(52)64-42-26-21-38(22-27-42)34-62-70(58,63-35-39-23-28-43(29-24-39)65-47(53)60-31-19-17-15-13-11-9-7-5-2)67-69(56,57)66-68(54,55)61-36-40-20-25-41(32-40)49-33-37(3)44(50)48-45(49)51/h20-29,33,40-41H,4-19,30-32,34-36H2,1-3H3,(H,54,55)(H,56,57)(H,48,50,51)/t40-,41+/m1/s1. The maximum absolute atomic E-state index is 14.0. The number of benzene rings is 2. The molecule has 4 atom stereocenters. The van der Waals surface area contributed by atoms with E-state index in [1.54, 1.807) is 12.2 Å². The summed E-state index contributed by atoms with van der Waals surface area (Å²) in [6.45, 7) is 4.61. The van der Waals surface area contributed by atoms with Crippen molar-refractivity contribution in [1.82, 2.24) is 9.55 Å². The van der Waals surface area contributed by atoms with Gasteiger partial charge in [-0.05, 0) is 61.6 Å². The molecule has 0 radical (unpaired) electrons. The molecule has 2 aromatic carbocycles. The fourth-order valence-electron chi connectivity index (χ4n) is 7.13.